The fraction of sp³-hybridized carbons (Fsp3) is 0.368. The summed E-state index contributed by atoms with van der Waals surface area (Å²) in [5.74, 6) is 0.972. The number of hydrogen-bond acceptors (Lipinski definition) is 3. The molecule has 0 radical (unpaired) electrons. The average Bonchev–Trinajstić information content (AvgIpc) is 2.61. The predicted octanol–water partition coefficient (Wildman–Crippen LogP) is 5.31. The average molecular weight is 344 g/mol. The molecular formula is C19H22ClN3O. The minimum Gasteiger partial charge on any atom is -0.340 e. The number of carbonyl (C=O) groups is 1. The Morgan fingerprint density at radius 2 is 1.88 bits per heavy atom. The quantitative estimate of drug-likeness (QED) is 0.791. The van der Waals surface area contributed by atoms with Gasteiger partial charge in [0.15, 0.2) is 0 Å². The highest BCUT2D eigenvalue weighted by Gasteiger charge is 2.21. The van der Waals surface area contributed by atoms with E-state index in [2.05, 4.69) is 15.6 Å². The molecule has 3 rings (SSSR count). The Hall–Kier alpha value is -2.07. The van der Waals surface area contributed by atoms with Crippen molar-refractivity contribution in [3.05, 3.63) is 47.1 Å². The summed E-state index contributed by atoms with van der Waals surface area (Å²) < 4.78 is 0. The number of nitrogens with one attached hydrogen (secondary N) is 2. The molecule has 5 heteroatoms. The zero-order valence-corrected chi connectivity index (χ0v) is 14.6. The van der Waals surface area contributed by atoms with E-state index in [1.54, 1.807) is 6.20 Å². The van der Waals surface area contributed by atoms with E-state index < -0.39 is 0 Å². The van der Waals surface area contributed by atoms with Gasteiger partial charge in [-0.05, 0) is 49.6 Å². The van der Waals surface area contributed by atoms with Crippen LogP contribution in [0, 0.1) is 12.8 Å². The Bertz CT molecular complexity index is 709. The summed E-state index contributed by atoms with van der Waals surface area (Å²) in [4.78, 5) is 16.6. The van der Waals surface area contributed by atoms with Gasteiger partial charge in [-0.1, -0.05) is 36.9 Å². The highest BCUT2D eigenvalue weighted by molar-refractivity contribution is 6.31. The summed E-state index contributed by atoms with van der Waals surface area (Å²) in [7, 11) is 0. The van der Waals surface area contributed by atoms with Crippen LogP contribution < -0.4 is 10.6 Å². The standard InChI is InChI=1S/C19H22ClN3O/c1-13-7-8-15(11-17(13)20)22-18-10-9-16(12-21-18)23-19(24)14-5-3-2-4-6-14/h7-12,14H,2-6H2,1H3,(H,21,22)(H,23,24). The first-order valence-corrected chi connectivity index (χ1v) is 8.80. The van der Waals surface area contributed by atoms with Gasteiger partial charge in [0.1, 0.15) is 5.82 Å². The molecule has 1 heterocycles. The second-order valence-electron chi connectivity index (χ2n) is 6.35. The first kappa shape index (κ1) is 16.8. The number of amides is 1. The van der Waals surface area contributed by atoms with Gasteiger partial charge in [-0.25, -0.2) is 4.98 Å². The molecule has 0 atom stereocenters. The lowest BCUT2D eigenvalue weighted by Crippen LogP contribution is -2.24. The third-order valence-corrected chi connectivity index (χ3v) is 4.86. The molecule has 1 aliphatic carbocycles. The summed E-state index contributed by atoms with van der Waals surface area (Å²) in [6.45, 7) is 1.97. The first-order chi connectivity index (χ1) is 11.6. The Kier molecular flexibility index (Phi) is 5.36. The van der Waals surface area contributed by atoms with Crippen LogP contribution in [-0.4, -0.2) is 10.9 Å². The second kappa shape index (κ2) is 7.67. The lowest BCUT2D eigenvalue weighted by molar-refractivity contribution is -0.120. The number of anilines is 3. The molecule has 126 valence electrons. The lowest BCUT2D eigenvalue weighted by Gasteiger charge is -2.20. The number of aryl methyl sites for hydroxylation is 1. The monoisotopic (exact) mass is 343 g/mol. The van der Waals surface area contributed by atoms with E-state index in [-0.39, 0.29) is 11.8 Å². The maximum atomic E-state index is 12.2. The van der Waals surface area contributed by atoms with Crippen LogP contribution in [-0.2, 0) is 4.79 Å². The van der Waals surface area contributed by atoms with Crippen molar-refractivity contribution in [1.82, 2.24) is 4.98 Å². The molecule has 1 aliphatic rings. The van der Waals surface area contributed by atoms with Crippen molar-refractivity contribution in [2.24, 2.45) is 5.92 Å². The largest absolute Gasteiger partial charge is 0.340 e. The number of hydrogen-bond donors (Lipinski definition) is 2. The van der Waals surface area contributed by atoms with Crippen LogP contribution in [0.15, 0.2) is 36.5 Å². The van der Waals surface area contributed by atoms with Gasteiger partial charge < -0.3 is 10.6 Å². The van der Waals surface area contributed by atoms with E-state index >= 15 is 0 Å². The first-order valence-electron chi connectivity index (χ1n) is 8.42. The van der Waals surface area contributed by atoms with E-state index in [1.807, 2.05) is 37.3 Å². The molecular weight excluding hydrogens is 322 g/mol. The molecule has 1 aromatic carbocycles. The molecule has 2 N–H and O–H groups in total. The van der Waals surface area contributed by atoms with Crippen molar-refractivity contribution in [2.75, 3.05) is 10.6 Å². The zero-order chi connectivity index (χ0) is 16.9. The Morgan fingerprint density at radius 3 is 2.54 bits per heavy atom. The molecule has 2 aromatic rings. The van der Waals surface area contributed by atoms with Crippen molar-refractivity contribution < 1.29 is 4.79 Å². The molecule has 0 unspecified atom stereocenters. The van der Waals surface area contributed by atoms with Gasteiger partial charge >= 0.3 is 0 Å². The number of aromatic nitrogens is 1. The van der Waals surface area contributed by atoms with Gasteiger partial charge in [0.25, 0.3) is 0 Å². The second-order valence-corrected chi connectivity index (χ2v) is 6.75. The Morgan fingerprint density at radius 1 is 1.12 bits per heavy atom. The minimum atomic E-state index is 0.113. The molecule has 4 nitrogen and oxygen atoms in total. The van der Waals surface area contributed by atoms with Crippen molar-refractivity contribution in [3.8, 4) is 0 Å². The molecule has 1 saturated carbocycles. The molecule has 0 aliphatic heterocycles. The molecule has 1 aromatic heterocycles. The van der Waals surface area contributed by atoms with Crippen molar-refractivity contribution >= 4 is 34.7 Å². The third kappa shape index (κ3) is 4.26. The van der Waals surface area contributed by atoms with Crippen LogP contribution in [0.3, 0.4) is 0 Å². The number of halogens is 1. The number of carbonyl (C=O) groups excluding carboxylic acids is 1. The number of nitrogens with zero attached hydrogens (tertiary/aromatic N) is 1. The summed E-state index contributed by atoms with van der Waals surface area (Å²) in [6.07, 6.45) is 7.21. The molecule has 0 bridgehead atoms. The number of rotatable bonds is 4. The smallest absolute Gasteiger partial charge is 0.227 e. The van der Waals surface area contributed by atoms with Crippen LogP contribution in [0.25, 0.3) is 0 Å². The van der Waals surface area contributed by atoms with Crippen molar-refractivity contribution in [2.45, 2.75) is 39.0 Å². The van der Waals surface area contributed by atoms with Crippen LogP contribution in [0.1, 0.15) is 37.7 Å². The highest BCUT2D eigenvalue weighted by atomic mass is 35.5. The maximum absolute atomic E-state index is 12.2. The summed E-state index contributed by atoms with van der Waals surface area (Å²) in [6, 6.07) is 9.51. The normalized spacial score (nSPS) is 15.1. The fourth-order valence-corrected chi connectivity index (χ4v) is 3.15. The fourth-order valence-electron chi connectivity index (χ4n) is 2.97. The summed E-state index contributed by atoms with van der Waals surface area (Å²) >= 11 is 6.13. The van der Waals surface area contributed by atoms with E-state index in [4.69, 9.17) is 11.6 Å². The Balaban J connectivity index is 1.60. The number of benzene rings is 1. The summed E-state index contributed by atoms with van der Waals surface area (Å²) in [5.41, 5.74) is 2.66. The molecule has 1 amide bonds. The van der Waals surface area contributed by atoms with Gasteiger partial charge in [-0.15, -0.1) is 0 Å². The summed E-state index contributed by atoms with van der Waals surface area (Å²) in [5, 5.41) is 6.90. The molecule has 0 spiro atoms. The topological polar surface area (TPSA) is 54.0 Å². The van der Waals surface area contributed by atoms with Gasteiger partial charge in [0.2, 0.25) is 5.91 Å². The van der Waals surface area contributed by atoms with Gasteiger partial charge in [-0.2, -0.15) is 0 Å². The van der Waals surface area contributed by atoms with Gasteiger partial charge in [0, 0.05) is 16.6 Å². The van der Waals surface area contributed by atoms with Gasteiger partial charge in [-0.3, -0.25) is 4.79 Å². The maximum Gasteiger partial charge on any atom is 0.227 e. The zero-order valence-electron chi connectivity index (χ0n) is 13.8. The highest BCUT2D eigenvalue weighted by Crippen LogP contribution is 2.26. The van der Waals surface area contributed by atoms with Gasteiger partial charge in [0.05, 0.1) is 11.9 Å². The van der Waals surface area contributed by atoms with Crippen molar-refractivity contribution in [1.29, 1.82) is 0 Å². The van der Waals surface area contributed by atoms with E-state index in [1.165, 1.54) is 6.42 Å². The van der Waals surface area contributed by atoms with Crippen LogP contribution >= 0.6 is 11.6 Å². The SMILES string of the molecule is Cc1ccc(Nc2ccc(NC(=O)C3CCCCC3)cn2)cc1Cl. The predicted molar refractivity (Wildman–Crippen MR) is 98.9 cm³/mol. The molecule has 0 saturated heterocycles. The van der Waals surface area contributed by atoms with Crippen molar-refractivity contribution in [3.63, 3.8) is 0 Å². The lowest BCUT2D eigenvalue weighted by atomic mass is 9.88. The number of pyridine rings is 1. The van der Waals surface area contributed by atoms with E-state index in [0.29, 0.717) is 5.82 Å². The van der Waals surface area contributed by atoms with Crippen LogP contribution in [0.4, 0.5) is 17.2 Å². The molecule has 24 heavy (non-hydrogen) atoms. The minimum absolute atomic E-state index is 0.113. The third-order valence-electron chi connectivity index (χ3n) is 4.45. The van der Waals surface area contributed by atoms with E-state index in [0.717, 1.165) is 47.6 Å². The molecule has 1 fully saturated rings. The Labute approximate surface area is 147 Å². The van der Waals surface area contributed by atoms with Crippen LogP contribution in [0.2, 0.25) is 5.02 Å². The van der Waals surface area contributed by atoms with E-state index in [9.17, 15) is 4.79 Å². The van der Waals surface area contributed by atoms with Crippen LogP contribution in [0.5, 0.6) is 0 Å².